The molecule has 220 valence electrons. The topological polar surface area (TPSA) is 66.8 Å². The maximum absolute atomic E-state index is 14.1. The number of H-pyrrole nitrogens is 1. The second-order valence-electron chi connectivity index (χ2n) is 11.6. The van der Waals surface area contributed by atoms with Gasteiger partial charge in [0.2, 0.25) is 11.9 Å². The zero-order valence-corrected chi connectivity index (χ0v) is 24.4. The molecule has 6 nitrogen and oxygen atoms in total. The number of hydrogen-bond acceptors (Lipinski definition) is 3. The molecule has 1 amide bonds. The van der Waals surface area contributed by atoms with Crippen molar-refractivity contribution in [3.63, 3.8) is 0 Å². The largest absolute Gasteiger partial charge is 0.324 e. The number of hydrogen-bond donors (Lipinski definition) is 1. The number of carbonyl (C=O) groups excluding carboxylic acids is 1. The molecule has 1 N–H and O–H groups in total. The molecular formula is C37H34FN5O. The molecule has 0 bridgehead atoms. The summed E-state index contributed by atoms with van der Waals surface area (Å²) in [6.07, 6.45) is 8.85. The number of aromatic nitrogens is 4. The quantitative estimate of drug-likeness (QED) is 0.186. The number of nitrogens with one attached hydrogen (secondary N) is 1. The van der Waals surface area contributed by atoms with Crippen LogP contribution in [0.25, 0.3) is 11.0 Å². The average Bonchev–Trinajstić information content (AvgIpc) is 3.73. The third-order valence-electron chi connectivity index (χ3n) is 8.83. The van der Waals surface area contributed by atoms with Crippen molar-refractivity contribution in [1.29, 1.82) is 0 Å². The van der Waals surface area contributed by atoms with Crippen molar-refractivity contribution in [2.45, 2.75) is 44.2 Å². The highest BCUT2D eigenvalue weighted by Crippen LogP contribution is 2.41. The van der Waals surface area contributed by atoms with Gasteiger partial charge < -0.3 is 9.55 Å². The van der Waals surface area contributed by atoms with Crippen LogP contribution in [0.2, 0.25) is 0 Å². The lowest BCUT2D eigenvalue weighted by atomic mass is 9.77. The fourth-order valence-corrected chi connectivity index (χ4v) is 6.70. The predicted molar refractivity (Wildman–Crippen MR) is 171 cm³/mol. The van der Waals surface area contributed by atoms with Crippen LogP contribution in [0.3, 0.4) is 0 Å². The van der Waals surface area contributed by atoms with E-state index in [1.165, 1.54) is 12.1 Å². The Kier molecular flexibility index (Phi) is 7.52. The van der Waals surface area contributed by atoms with Crippen LogP contribution in [0.5, 0.6) is 0 Å². The predicted octanol–water partition coefficient (Wildman–Crippen LogP) is 7.85. The Morgan fingerprint density at radius 3 is 2.02 bits per heavy atom. The number of rotatable bonds is 8. The van der Waals surface area contributed by atoms with Crippen molar-refractivity contribution in [3.05, 3.63) is 150 Å². The lowest BCUT2D eigenvalue weighted by molar-refractivity contribution is -0.123. The van der Waals surface area contributed by atoms with E-state index >= 15 is 0 Å². The van der Waals surface area contributed by atoms with Gasteiger partial charge in [-0.1, -0.05) is 110 Å². The molecule has 4 aromatic carbocycles. The molecule has 0 atom stereocenters. The highest BCUT2D eigenvalue weighted by Gasteiger charge is 2.39. The van der Waals surface area contributed by atoms with Gasteiger partial charge in [-0.2, -0.15) is 0 Å². The Bertz CT molecular complexity index is 1760. The maximum atomic E-state index is 14.1. The highest BCUT2D eigenvalue weighted by atomic mass is 19.1. The van der Waals surface area contributed by atoms with Crippen molar-refractivity contribution >= 4 is 22.9 Å². The third kappa shape index (κ3) is 5.08. The van der Waals surface area contributed by atoms with E-state index in [-0.39, 0.29) is 24.2 Å². The average molecular weight is 584 g/mol. The second kappa shape index (κ2) is 11.9. The Morgan fingerprint density at radius 1 is 0.841 bits per heavy atom. The van der Waals surface area contributed by atoms with E-state index in [2.05, 4.69) is 82.3 Å². The minimum absolute atomic E-state index is 0.0271. The van der Waals surface area contributed by atoms with Crippen LogP contribution in [-0.4, -0.2) is 25.4 Å². The Balaban J connectivity index is 1.34. The van der Waals surface area contributed by atoms with Crippen LogP contribution in [0.1, 0.15) is 54.5 Å². The van der Waals surface area contributed by atoms with Crippen molar-refractivity contribution in [2.24, 2.45) is 5.92 Å². The Labute approximate surface area is 256 Å². The molecule has 0 unspecified atom stereocenters. The van der Waals surface area contributed by atoms with Gasteiger partial charge in [-0.25, -0.2) is 14.4 Å². The van der Waals surface area contributed by atoms with E-state index < -0.39 is 5.54 Å². The monoisotopic (exact) mass is 583 g/mol. The smallest absolute Gasteiger partial charge is 0.232 e. The van der Waals surface area contributed by atoms with Crippen LogP contribution in [0.15, 0.2) is 122 Å². The molecule has 2 heterocycles. The molecule has 0 spiro atoms. The van der Waals surface area contributed by atoms with Crippen LogP contribution >= 0.6 is 0 Å². The normalized spacial score (nSPS) is 14.1. The fourth-order valence-electron chi connectivity index (χ4n) is 6.70. The first-order chi connectivity index (χ1) is 21.6. The molecule has 7 heteroatoms. The van der Waals surface area contributed by atoms with Gasteiger partial charge in [-0.15, -0.1) is 0 Å². The molecule has 1 saturated carbocycles. The lowest BCUT2D eigenvalue weighted by Crippen LogP contribution is -2.38. The number of nitrogens with zero attached hydrogens (tertiary/aromatic N) is 4. The molecule has 44 heavy (non-hydrogen) atoms. The number of fused-ring (bicyclic) bond motifs is 1. The molecule has 7 rings (SSSR count). The summed E-state index contributed by atoms with van der Waals surface area (Å²) in [4.78, 5) is 28.6. The van der Waals surface area contributed by atoms with Crippen molar-refractivity contribution in [3.8, 4) is 0 Å². The number of amides is 1. The van der Waals surface area contributed by atoms with Crippen LogP contribution < -0.4 is 4.90 Å². The van der Waals surface area contributed by atoms with E-state index in [1.807, 2.05) is 30.7 Å². The van der Waals surface area contributed by atoms with Crippen molar-refractivity contribution < 1.29 is 9.18 Å². The number of aromatic amines is 1. The summed E-state index contributed by atoms with van der Waals surface area (Å²) in [7, 11) is 0. The minimum atomic E-state index is -0.704. The van der Waals surface area contributed by atoms with Crippen LogP contribution in [-0.2, 0) is 16.9 Å². The van der Waals surface area contributed by atoms with Crippen LogP contribution in [0, 0.1) is 11.7 Å². The highest BCUT2D eigenvalue weighted by molar-refractivity contribution is 5.95. The van der Waals surface area contributed by atoms with Gasteiger partial charge in [0, 0.05) is 12.1 Å². The van der Waals surface area contributed by atoms with Crippen LogP contribution in [0.4, 0.5) is 10.3 Å². The molecule has 1 fully saturated rings. The standard InChI is InChI=1S/C37H34FN5O/c38-31-21-22-33-34(23-31)41-36(40-33)43(35(44)27-13-5-1-6-14-27)25-32-24-42(26-39-32)37(28-15-7-2-8-16-28,29-17-9-3-10-18-29)30-19-11-4-12-20-30/h2-4,7-12,15-24,26-27H,1,5-6,13-14,25H2,(H,40,41). The molecule has 1 aliphatic carbocycles. The number of benzene rings is 4. The van der Waals surface area contributed by atoms with Gasteiger partial charge in [0.25, 0.3) is 0 Å². The first-order valence-corrected chi connectivity index (χ1v) is 15.3. The van der Waals surface area contributed by atoms with Gasteiger partial charge in [0.05, 0.1) is 29.6 Å². The van der Waals surface area contributed by atoms with E-state index in [9.17, 15) is 9.18 Å². The SMILES string of the molecule is O=C(C1CCCCC1)N(Cc1cn(C(c2ccccc2)(c2ccccc2)c2ccccc2)cn1)c1nc2ccc(F)cc2[nH]1. The number of carbonyl (C=O) groups is 1. The summed E-state index contributed by atoms with van der Waals surface area (Å²) in [6, 6.07) is 35.7. The third-order valence-corrected chi connectivity index (χ3v) is 8.83. The summed E-state index contributed by atoms with van der Waals surface area (Å²) in [6.45, 7) is 0.235. The van der Waals surface area contributed by atoms with E-state index in [0.29, 0.717) is 17.0 Å². The Hall–Kier alpha value is -5.04. The molecule has 0 radical (unpaired) electrons. The van der Waals surface area contributed by atoms with E-state index in [0.717, 1.165) is 54.5 Å². The first-order valence-electron chi connectivity index (χ1n) is 15.3. The number of anilines is 1. The van der Waals surface area contributed by atoms with E-state index in [4.69, 9.17) is 9.97 Å². The zero-order chi connectivity index (χ0) is 29.9. The molecule has 0 saturated heterocycles. The van der Waals surface area contributed by atoms with Gasteiger partial charge in [-0.05, 0) is 47.7 Å². The maximum Gasteiger partial charge on any atom is 0.232 e. The van der Waals surface area contributed by atoms with Gasteiger partial charge >= 0.3 is 0 Å². The molecule has 6 aromatic rings. The molecular weight excluding hydrogens is 549 g/mol. The zero-order valence-electron chi connectivity index (χ0n) is 24.4. The molecule has 2 aromatic heterocycles. The summed E-state index contributed by atoms with van der Waals surface area (Å²) in [5.41, 5.74) is 4.48. The summed E-state index contributed by atoms with van der Waals surface area (Å²) < 4.78 is 16.2. The fraction of sp³-hybridized carbons (Fsp3) is 0.216. The van der Waals surface area contributed by atoms with E-state index in [1.54, 1.807) is 11.0 Å². The lowest BCUT2D eigenvalue weighted by Gasteiger charge is -2.37. The number of imidazole rings is 2. The van der Waals surface area contributed by atoms with Gasteiger partial charge in [-0.3, -0.25) is 9.69 Å². The first kappa shape index (κ1) is 27.8. The second-order valence-corrected chi connectivity index (χ2v) is 11.6. The van der Waals surface area contributed by atoms with Crippen molar-refractivity contribution in [2.75, 3.05) is 4.90 Å². The Morgan fingerprint density at radius 2 is 1.43 bits per heavy atom. The summed E-state index contributed by atoms with van der Waals surface area (Å²) in [5.74, 6) is 0.0129. The van der Waals surface area contributed by atoms with Gasteiger partial charge in [0.15, 0.2) is 0 Å². The van der Waals surface area contributed by atoms with Crippen molar-refractivity contribution in [1.82, 2.24) is 19.5 Å². The summed E-state index contributed by atoms with van der Waals surface area (Å²) in [5, 5.41) is 0. The van der Waals surface area contributed by atoms with Gasteiger partial charge in [0.1, 0.15) is 11.4 Å². The molecule has 0 aliphatic heterocycles. The number of halogens is 1. The molecule has 1 aliphatic rings. The minimum Gasteiger partial charge on any atom is -0.324 e. The summed E-state index contributed by atoms with van der Waals surface area (Å²) >= 11 is 0.